The van der Waals surface area contributed by atoms with Gasteiger partial charge in [-0.05, 0) is 78.7 Å². The van der Waals surface area contributed by atoms with Gasteiger partial charge in [-0.1, -0.05) is 12.8 Å². The van der Waals surface area contributed by atoms with Crippen LogP contribution in [0.3, 0.4) is 0 Å². The molecule has 1 aliphatic carbocycles. The lowest BCUT2D eigenvalue weighted by Gasteiger charge is -2.34. The van der Waals surface area contributed by atoms with Crippen LogP contribution >= 0.6 is 0 Å². The minimum atomic E-state index is -2.12. The van der Waals surface area contributed by atoms with E-state index in [1.54, 1.807) is 0 Å². The highest BCUT2D eigenvalue weighted by molar-refractivity contribution is 6.54. The normalized spacial score (nSPS) is 29.3. The van der Waals surface area contributed by atoms with Gasteiger partial charge in [-0.25, -0.2) is 10.5 Å². The number of fused-ring (bicyclic) bond motifs is 1. The quantitative estimate of drug-likeness (QED) is 0.218. The first-order chi connectivity index (χ1) is 15.7. The molecule has 0 aromatic heterocycles. The van der Waals surface area contributed by atoms with E-state index in [-0.39, 0.29) is 34.6 Å². The van der Waals surface area contributed by atoms with Gasteiger partial charge in [0.25, 0.3) is 0 Å². The predicted molar refractivity (Wildman–Crippen MR) is 127 cm³/mol. The molecule has 4 fully saturated rings. The second-order valence-corrected chi connectivity index (χ2v) is 14.8. The van der Waals surface area contributed by atoms with Crippen molar-refractivity contribution in [2.24, 2.45) is 4.10 Å². The summed E-state index contributed by atoms with van der Waals surface area (Å²) in [7, 11) is 0. The van der Waals surface area contributed by atoms with E-state index in [1.165, 1.54) is 12.8 Å². The third-order valence-electron chi connectivity index (χ3n) is 7.09. The molecule has 1 saturated carbocycles. The van der Waals surface area contributed by atoms with E-state index in [0.717, 1.165) is 12.8 Å². The maximum absolute atomic E-state index is 8.59. The standard InChI is InChI=1S/C6H10O2.2C6H12O2.2CN.3Al.N3/c7-5-3-1-2-4-6(5)8;2*1-5(2,7)6(3,4)8;2*1-2;;;;1-3-2/h5-6H,1-4H2;2*1-4H3;;;;;;/q3*-2;;;2*+2;+3;-1/t5-,6+;;;;;;;;. The highest BCUT2D eigenvalue weighted by atomic mass is 27.2. The van der Waals surface area contributed by atoms with Gasteiger partial charge in [0.05, 0.1) is 34.6 Å². The molecule has 0 amide bonds. The van der Waals surface area contributed by atoms with E-state index in [9.17, 15) is 0 Å². The molecule has 3 saturated heterocycles. The minimum absolute atomic E-state index is 0.264. The summed E-state index contributed by atoms with van der Waals surface area (Å²) in [5, 5.41) is 17.2. The van der Waals surface area contributed by atoms with Crippen LogP contribution < -0.4 is 0 Å². The van der Waals surface area contributed by atoms with Gasteiger partial charge in [0.1, 0.15) is 0 Å². The molecule has 2 atom stereocenters. The highest BCUT2D eigenvalue weighted by Gasteiger charge is 2.54. The first-order valence-corrected chi connectivity index (χ1v) is 16.0. The second kappa shape index (κ2) is 11.8. The van der Waals surface area contributed by atoms with Gasteiger partial charge in [-0.3, -0.25) is 0 Å². The first kappa shape index (κ1) is 29.9. The first-order valence-electron chi connectivity index (χ1n) is 11.5. The van der Waals surface area contributed by atoms with E-state index in [4.69, 9.17) is 38.8 Å². The zero-order valence-corrected chi connectivity index (χ0v) is 24.9. The topological polar surface area (TPSA) is 152 Å². The van der Waals surface area contributed by atoms with E-state index in [2.05, 4.69) is 18.9 Å². The number of hydrogen-bond acceptors (Lipinski definition) is 9. The predicted octanol–water partition coefficient (Wildman–Crippen LogP) is 3.92. The van der Waals surface area contributed by atoms with Crippen molar-refractivity contribution in [3.63, 3.8) is 0 Å². The molecule has 0 N–H and O–H groups in total. The van der Waals surface area contributed by atoms with Crippen molar-refractivity contribution in [3.8, 4) is 9.86 Å². The van der Waals surface area contributed by atoms with E-state index in [0.29, 0.717) is 0 Å². The van der Waals surface area contributed by atoms with Crippen LogP contribution in [0.1, 0.15) is 81.1 Å². The number of nitrogens with zero attached hydrogens (tertiary/aromatic N) is 5. The van der Waals surface area contributed by atoms with Crippen molar-refractivity contribution in [3.05, 3.63) is 10.4 Å². The Labute approximate surface area is 217 Å². The van der Waals surface area contributed by atoms with Crippen LogP contribution in [0.4, 0.5) is 0 Å². The Kier molecular flexibility index (Phi) is 10.4. The van der Waals surface area contributed by atoms with Crippen LogP contribution in [0.2, 0.25) is 0 Å². The summed E-state index contributed by atoms with van der Waals surface area (Å²) in [5.74, 6) is 0. The SMILES string of the molecule is CC1(C)[O][Al]([C]#N)[O]C1(C)C.CC1(C)[O][Al]([N]=[N+]=[N-])[O]C1(C)C.N#[C][Al]1[O][C@H]2CCCC[C@H]2[O]1. The molecule has 0 bridgehead atoms. The van der Waals surface area contributed by atoms with Gasteiger partial charge >= 0.3 is 44.7 Å². The van der Waals surface area contributed by atoms with Crippen LogP contribution in [0.5, 0.6) is 0 Å². The average molecular weight is 521 g/mol. The summed E-state index contributed by atoms with van der Waals surface area (Å²) in [6, 6.07) is 0. The van der Waals surface area contributed by atoms with Crippen molar-refractivity contribution in [1.82, 2.24) is 0 Å². The monoisotopic (exact) mass is 521 g/mol. The summed E-state index contributed by atoms with van der Waals surface area (Å²) in [6.45, 7) is 15.6. The fraction of sp³-hybridized carbons (Fsp3) is 0.900. The molecule has 3 heterocycles. The minimum Gasteiger partial charge on any atom is -0.470 e. The lowest BCUT2D eigenvalue weighted by Crippen LogP contribution is -2.41. The van der Waals surface area contributed by atoms with E-state index >= 15 is 0 Å². The van der Waals surface area contributed by atoms with Gasteiger partial charge in [0.15, 0.2) is 0 Å². The Bertz CT molecular complexity index is 807. The van der Waals surface area contributed by atoms with E-state index < -0.39 is 44.7 Å². The van der Waals surface area contributed by atoms with Crippen LogP contribution in [0.25, 0.3) is 10.4 Å². The van der Waals surface area contributed by atoms with Crippen LogP contribution in [0.15, 0.2) is 4.10 Å². The third kappa shape index (κ3) is 7.34. The van der Waals surface area contributed by atoms with E-state index in [1.807, 2.05) is 55.4 Å². The maximum Gasteiger partial charge on any atom is 0.817 e. The summed E-state index contributed by atoms with van der Waals surface area (Å²) < 4.78 is 36.4. The summed E-state index contributed by atoms with van der Waals surface area (Å²) in [6.07, 6.45) is 5.18. The largest absolute Gasteiger partial charge is 0.817 e. The number of hydrogen-bond donors (Lipinski definition) is 0. The number of rotatable bonds is 1. The van der Waals surface area contributed by atoms with Crippen LogP contribution in [-0.4, -0.2) is 79.3 Å². The fourth-order valence-corrected chi connectivity index (χ4v) is 8.62. The van der Waals surface area contributed by atoms with Gasteiger partial charge in [-0.2, -0.15) is 0 Å². The number of azide groups is 1. The second-order valence-electron chi connectivity index (χ2n) is 10.6. The zero-order valence-electron chi connectivity index (χ0n) is 21.4. The lowest BCUT2D eigenvalue weighted by molar-refractivity contribution is 0.00578. The van der Waals surface area contributed by atoms with Crippen LogP contribution in [-0.2, 0) is 22.7 Å². The van der Waals surface area contributed by atoms with Crippen molar-refractivity contribution < 1.29 is 22.7 Å². The van der Waals surface area contributed by atoms with Gasteiger partial charge in [-0.15, -0.1) is 4.10 Å². The molecule has 0 radical (unpaired) electrons. The molecule has 0 spiro atoms. The van der Waals surface area contributed by atoms with Crippen molar-refractivity contribution in [2.45, 2.75) is 116 Å². The highest BCUT2D eigenvalue weighted by Crippen LogP contribution is 2.37. The maximum atomic E-state index is 8.59. The Balaban J connectivity index is 0.000000180. The third-order valence-corrected chi connectivity index (χ3v) is 12.2. The lowest BCUT2D eigenvalue weighted by atomic mass is 9.90. The molecule has 14 heteroatoms. The summed E-state index contributed by atoms with van der Waals surface area (Å²) in [5.41, 5.74) is 6.83. The smallest absolute Gasteiger partial charge is 0.470 e. The summed E-state index contributed by atoms with van der Waals surface area (Å²) >= 11 is -5.99. The van der Waals surface area contributed by atoms with Crippen LogP contribution in [0, 0.1) is 20.4 Å². The molecule has 11 nitrogen and oxygen atoms in total. The summed E-state index contributed by atoms with van der Waals surface area (Å²) in [4.78, 5) is 6.87. The molecule has 184 valence electrons. The van der Waals surface area contributed by atoms with Crippen molar-refractivity contribution in [1.29, 1.82) is 10.5 Å². The molecule has 3 aliphatic heterocycles. The van der Waals surface area contributed by atoms with Crippen molar-refractivity contribution >= 4 is 44.7 Å². The molecular weight excluding hydrogens is 487 g/mol. The molecular formula is C20H34Al3N5O6. The average Bonchev–Trinajstić information content (AvgIpc) is 3.31. The van der Waals surface area contributed by atoms with Crippen molar-refractivity contribution in [2.75, 3.05) is 0 Å². The molecule has 34 heavy (non-hydrogen) atoms. The Morgan fingerprint density at radius 2 is 1.12 bits per heavy atom. The molecule has 0 unspecified atom stereocenters. The Morgan fingerprint density at radius 1 is 0.735 bits per heavy atom. The molecule has 0 aromatic carbocycles. The Hall–Kier alpha value is -0.353. The molecule has 4 aliphatic rings. The zero-order chi connectivity index (χ0) is 25.8. The number of nitriles is 2. The fourth-order valence-electron chi connectivity index (χ4n) is 3.58. The van der Waals surface area contributed by atoms with Gasteiger partial charge in [0.2, 0.25) is 0 Å². The Morgan fingerprint density at radius 3 is 1.44 bits per heavy atom. The molecule has 0 aromatic rings. The van der Waals surface area contributed by atoms with Gasteiger partial charge in [0, 0.05) is 9.86 Å². The van der Waals surface area contributed by atoms with Gasteiger partial charge < -0.3 is 22.7 Å². The molecule has 4 rings (SSSR count).